The Morgan fingerprint density at radius 3 is 2.33 bits per heavy atom. The van der Waals surface area contributed by atoms with Crippen molar-refractivity contribution in [2.24, 2.45) is 29.4 Å². The van der Waals surface area contributed by atoms with Gasteiger partial charge in [0, 0.05) is 18.0 Å². The van der Waals surface area contributed by atoms with Crippen LogP contribution in [0.15, 0.2) is 0 Å². The summed E-state index contributed by atoms with van der Waals surface area (Å²) < 4.78 is 0. The van der Waals surface area contributed by atoms with Crippen molar-refractivity contribution in [3.8, 4) is 0 Å². The molecule has 2 rings (SSSR count). The van der Waals surface area contributed by atoms with Gasteiger partial charge in [-0.3, -0.25) is 4.79 Å². The van der Waals surface area contributed by atoms with Crippen molar-refractivity contribution in [1.82, 2.24) is 5.32 Å². The number of carbonyl (C=O) groups excluding carboxylic acids is 1. The van der Waals surface area contributed by atoms with Crippen molar-refractivity contribution < 1.29 is 4.79 Å². The number of nitrogens with two attached hydrogens (primary N) is 1. The molecule has 2 fully saturated rings. The van der Waals surface area contributed by atoms with Crippen LogP contribution in [0.2, 0.25) is 0 Å². The molecule has 0 saturated heterocycles. The predicted molar refractivity (Wildman–Crippen MR) is 74.0 cm³/mol. The summed E-state index contributed by atoms with van der Waals surface area (Å²) in [5, 5.41) is 3.29. The van der Waals surface area contributed by atoms with Crippen LogP contribution in [0.25, 0.3) is 0 Å². The fraction of sp³-hybridized carbons (Fsp3) is 0.933. The van der Waals surface area contributed by atoms with Crippen molar-refractivity contribution in [3.63, 3.8) is 0 Å². The molecule has 6 unspecified atom stereocenters. The molecule has 3 nitrogen and oxygen atoms in total. The maximum Gasteiger partial charge on any atom is 0.223 e. The van der Waals surface area contributed by atoms with E-state index in [1.165, 1.54) is 6.42 Å². The summed E-state index contributed by atoms with van der Waals surface area (Å²) in [6.07, 6.45) is 5.41. The molecule has 3 heteroatoms. The van der Waals surface area contributed by atoms with E-state index >= 15 is 0 Å². The SMILES string of the molecule is CC1CCC(N)CC1C(=O)NC1CCC(C)C1C. The van der Waals surface area contributed by atoms with Crippen LogP contribution in [0.1, 0.15) is 52.9 Å². The highest BCUT2D eigenvalue weighted by Crippen LogP contribution is 2.33. The van der Waals surface area contributed by atoms with Crippen molar-refractivity contribution in [1.29, 1.82) is 0 Å². The molecule has 1 amide bonds. The van der Waals surface area contributed by atoms with E-state index in [1.54, 1.807) is 0 Å². The van der Waals surface area contributed by atoms with E-state index in [0.717, 1.165) is 31.6 Å². The first-order chi connectivity index (χ1) is 8.49. The van der Waals surface area contributed by atoms with E-state index in [-0.39, 0.29) is 17.9 Å². The number of hydrogen-bond donors (Lipinski definition) is 2. The van der Waals surface area contributed by atoms with Crippen LogP contribution in [0, 0.1) is 23.7 Å². The maximum atomic E-state index is 12.4. The standard InChI is InChI=1S/C15H28N2O/c1-9-5-7-14(11(9)3)17-15(18)13-8-12(16)6-4-10(13)2/h9-14H,4-8,16H2,1-3H3,(H,17,18). The molecule has 0 bridgehead atoms. The third-order valence-corrected chi connectivity index (χ3v) is 5.37. The second kappa shape index (κ2) is 5.60. The summed E-state index contributed by atoms with van der Waals surface area (Å²) in [4.78, 5) is 12.4. The van der Waals surface area contributed by atoms with Crippen LogP contribution in [0.3, 0.4) is 0 Å². The van der Waals surface area contributed by atoms with Gasteiger partial charge in [0.2, 0.25) is 5.91 Å². The lowest BCUT2D eigenvalue weighted by atomic mass is 9.77. The van der Waals surface area contributed by atoms with Gasteiger partial charge in [-0.15, -0.1) is 0 Å². The molecule has 0 heterocycles. The molecule has 18 heavy (non-hydrogen) atoms. The smallest absolute Gasteiger partial charge is 0.223 e. The Labute approximate surface area is 111 Å². The van der Waals surface area contributed by atoms with E-state index in [9.17, 15) is 4.79 Å². The first-order valence-electron chi connectivity index (χ1n) is 7.55. The zero-order chi connectivity index (χ0) is 13.3. The number of nitrogens with one attached hydrogen (secondary N) is 1. The maximum absolute atomic E-state index is 12.4. The second-order valence-corrected chi connectivity index (χ2v) is 6.69. The molecule has 0 aromatic carbocycles. The summed E-state index contributed by atoms with van der Waals surface area (Å²) in [5.41, 5.74) is 6.00. The Kier molecular flexibility index (Phi) is 4.31. The molecule has 6 atom stereocenters. The Hall–Kier alpha value is -0.570. The van der Waals surface area contributed by atoms with Gasteiger partial charge in [0.15, 0.2) is 0 Å². The molecule has 2 aliphatic rings. The lowest BCUT2D eigenvalue weighted by Gasteiger charge is -2.33. The zero-order valence-corrected chi connectivity index (χ0v) is 12.0. The van der Waals surface area contributed by atoms with Crippen molar-refractivity contribution in [2.45, 2.75) is 65.0 Å². The number of amides is 1. The van der Waals surface area contributed by atoms with E-state index in [1.807, 2.05) is 0 Å². The van der Waals surface area contributed by atoms with Gasteiger partial charge in [-0.1, -0.05) is 20.8 Å². The number of rotatable bonds is 2. The van der Waals surface area contributed by atoms with E-state index in [0.29, 0.717) is 17.9 Å². The molecular formula is C15H28N2O. The highest BCUT2D eigenvalue weighted by atomic mass is 16.2. The van der Waals surface area contributed by atoms with Crippen molar-refractivity contribution in [3.05, 3.63) is 0 Å². The van der Waals surface area contributed by atoms with Gasteiger partial charge in [-0.05, 0) is 49.9 Å². The van der Waals surface area contributed by atoms with E-state index < -0.39 is 0 Å². The Balaban J connectivity index is 1.91. The fourth-order valence-corrected chi connectivity index (χ4v) is 3.58. The molecule has 3 N–H and O–H groups in total. The summed E-state index contributed by atoms with van der Waals surface area (Å²) in [5.74, 6) is 2.22. The van der Waals surface area contributed by atoms with Gasteiger partial charge in [0.05, 0.1) is 0 Å². The zero-order valence-electron chi connectivity index (χ0n) is 12.0. The molecule has 0 aromatic heterocycles. The van der Waals surface area contributed by atoms with Crippen molar-refractivity contribution in [2.75, 3.05) is 0 Å². The highest BCUT2D eigenvalue weighted by Gasteiger charge is 2.35. The monoisotopic (exact) mass is 252 g/mol. The first-order valence-corrected chi connectivity index (χ1v) is 7.55. The molecule has 0 radical (unpaired) electrons. The molecule has 0 spiro atoms. The molecule has 104 valence electrons. The van der Waals surface area contributed by atoms with Gasteiger partial charge in [0.1, 0.15) is 0 Å². The van der Waals surface area contributed by atoms with Crippen LogP contribution in [-0.4, -0.2) is 18.0 Å². The third kappa shape index (κ3) is 2.87. The van der Waals surface area contributed by atoms with E-state index in [2.05, 4.69) is 26.1 Å². The number of carbonyl (C=O) groups is 1. The Morgan fingerprint density at radius 1 is 1.06 bits per heavy atom. The van der Waals surface area contributed by atoms with Crippen LogP contribution in [0.5, 0.6) is 0 Å². The van der Waals surface area contributed by atoms with Gasteiger partial charge < -0.3 is 11.1 Å². The molecule has 2 saturated carbocycles. The van der Waals surface area contributed by atoms with Gasteiger partial charge in [-0.2, -0.15) is 0 Å². The average Bonchev–Trinajstić information content (AvgIpc) is 2.64. The van der Waals surface area contributed by atoms with Crippen LogP contribution >= 0.6 is 0 Å². The van der Waals surface area contributed by atoms with Crippen LogP contribution in [0.4, 0.5) is 0 Å². The highest BCUT2D eigenvalue weighted by molar-refractivity contribution is 5.79. The average molecular weight is 252 g/mol. The lowest BCUT2D eigenvalue weighted by Crippen LogP contribution is -2.46. The largest absolute Gasteiger partial charge is 0.353 e. The molecule has 0 aromatic rings. The van der Waals surface area contributed by atoms with Crippen LogP contribution < -0.4 is 11.1 Å². The lowest BCUT2D eigenvalue weighted by molar-refractivity contribution is -0.128. The summed E-state index contributed by atoms with van der Waals surface area (Å²) in [6, 6.07) is 0.606. The molecule has 0 aliphatic heterocycles. The Bertz CT molecular complexity index is 305. The summed E-state index contributed by atoms with van der Waals surface area (Å²) in [6.45, 7) is 6.74. The van der Waals surface area contributed by atoms with Crippen molar-refractivity contribution >= 4 is 5.91 Å². The minimum Gasteiger partial charge on any atom is -0.353 e. The molecular weight excluding hydrogens is 224 g/mol. The topological polar surface area (TPSA) is 55.1 Å². The summed E-state index contributed by atoms with van der Waals surface area (Å²) >= 11 is 0. The summed E-state index contributed by atoms with van der Waals surface area (Å²) in [7, 11) is 0. The van der Waals surface area contributed by atoms with Gasteiger partial charge in [0.25, 0.3) is 0 Å². The fourth-order valence-electron chi connectivity index (χ4n) is 3.58. The number of hydrogen-bond acceptors (Lipinski definition) is 2. The Morgan fingerprint density at radius 2 is 1.72 bits per heavy atom. The quantitative estimate of drug-likeness (QED) is 0.792. The third-order valence-electron chi connectivity index (χ3n) is 5.37. The van der Waals surface area contributed by atoms with Gasteiger partial charge in [-0.25, -0.2) is 0 Å². The van der Waals surface area contributed by atoms with Crippen LogP contribution in [-0.2, 0) is 4.79 Å². The second-order valence-electron chi connectivity index (χ2n) is 6.69. The van der Waals surface area contributed by atoms with Gasteiger partial charge >= 0.3 is 0 Å². The molecule has 2 aliphatic carbocycles. The minimum absolute atomic E-state index is 0.136. The van der Waals surface area contributed by atoms with E-state index in [4.69, 9.17) is 5.73 Å². The normalized spacial score (nSPS) is 44.9. The predicted octanol–water partition coefficient (Wildman–Crippen LogP) is 2.30. The minimum atomic E-state index is 0.136. The first kappa shape index (κ1) is 13.9.